The van der Waals surface area contributed by atoms with Crippen LogP contribution in [0.2, 0.25) is 0 Å². The number of benzene rings is 1. The predicted molar refractivity (Wildman–Crippen MR) is 58.5 cm³/mol. The van der Waals surface area contributed by atoms with Gasteiger partial charge in [-0.15, -0.1) is 0 Å². The largest absolute Gasteiger partial charge is 0.461 e. The number of hydroxylamine groups is 2. The summed E-state index contributed by atoms with van der Waals surface area (Å²) < 4.78 is 5.06. The Labute approximate surface area is 99.1 Å². The van der Waals surface area contributed by atoms with Gasteiger partial charge >= 0.3 is 5.97 Å². The predicted octanol–water partition coefficient (Wildman–Crippen LogP) is 1.38. The molecule has 17 heavy (non-hydrogen) atoms. The van der Waals surface area contributed by atoms with Crippen molar-refractivity contribution in [3.8, 4) is 0 Å². The van der Waals surface area contributed by atoms with Gasteiger partial charge in [0.2, 0.25) is 0 Å². The minimum absolute atomic E-state index is 0.0410. The van der Waals surface area contributed by atoms with Gasteiger partial charge in [0, 0.05) is 6.42 Å². The molecule has 1 aliphatic carbocycles. The molecular formula is C12H15NO4. The van der Waals surface area contributed by atoms with Crippen LogP contribution < -0.4 is 0 Å². The maximum absolute atomic E-state index is 11.7. The summed E-state index contributed by atoms with van der Waals surface area (Å²) in [7, 11) is 0. The maximum atomic E-state index is 11.7. The summed E-state index contributed by atoms with van der Waals surface area (Å²) in [5.74, 6) is -0.596. The van der Waals surface area contributed by atoms with Crippen molar-refractivity contribution in [2.75, 3.05) is 0 Å². The average molecular weight is 237 g/mol. The van der Waals surface area contributed by atoms with Crippen molar-refractivity contribution in [3.05, 3.63) is 35.9 Å². The molecule has 5 heteroatoms. The Hall–Kier alpha value is -1.43. The van der Waals surface area contributed by atoms with Crippen LogP contribution in [-0.4, -0.2) is 33.8 Å². The molecule has 5 nitrogen and oxygen atoms in total. The van der Waals surface area contributed by atoms with Crippen LogP contribution in [0.5, 0.6) is 0 Å². The fourth-order valence-electron chi connectivity index (χ4n) is 1.53. The van der Waals surface area contributed by atoms with Crippen LogP contribution in [0.1, 0.15) is 18.4 Å². The Morgan fingerprint density at radius 3 is 2.53 bits per heavy atom. The van der Waals surface area contributed by atoms with E-state index in [1.165, 1.54) is 0 Å². The van der Waals surface area contributed by atoms with E-state index in [4.69, 9.17) is 15.2 Å². The molecule has 0 amide bonds. The van der Waals surface area contributed by atoms with E-state index in [2.05, 4.69) is 0 Å². The minimum Gasteiger partial charge on any atom is -0.461 e. The third kappa shape index (κ3) is 3.52. The molecule has 0 spiro atoms. The molecule has 0 aliphatic heterocycles. The topological polar surface area (TPSA) is 70.0 Å². The third-order valence-corrected chi connectivity index (χ3v) is 2.63. The summed E-state index contributed by atoms with van der Waals surface area (Å²) >= 11 is 0. The number of hydrogen-bond donors (Lipinski definition) is 2. The second kappa shape index (κ2) is 5.27. The van der Waals surface area contributed by atoms with E-state index in [9.17, 15) is 4.79 Å². The second-order valence-corrected chi connectivity index (χ2v) is 4.16. The maximum Gasteiger partial charge on any atom is 0.329 e. The Morgan fingerprint density at radius 1 is 1.35 bits per heavy atom. The Morgan fingerprint density at radius 2 is 2.00 bits per heavy atom. The first kappa shape index (κ1) is 12.0. The zero-order chi connectivity index (χ0) is 12.3. The molecule has 0 radical (unpaired) electrons. The first-order chi connectivity index (χ1) is 8.16. The molecule has 1 aromatic rings. The lowest BCUT2D eigenvalue weighted by atomic mass is 10.1. The summed E-state index contributed by atoms with van der Waals surface area (Å²) in [4.78, 5) is 11.7. The Kier molecular flexibility index (Phi) is 3.73. The van der Waals surface area contributed by atoms with Crippen LogP contribution in [-0.2, 0) is 16.0 Å². The quantitative estimate of drug-likeness (QED) is 0.598. The first-order valence-corrected chi connectivity index (χ1v) is 5.58. The smallest absolute Gasteiger partial charge is 0.329 e. The van der Waals surface area contributed by atoms with Crippen molar-refractivity contribution in [1.29, 1.82) is 0 Å². The highest BCUT2D eigenvalue weighted by Gasteiger charge is 2.32. The van der Waals surface area contributed by atoms with E-state index in [1.54, 1.807) is 0 Å². The van der Waals surface area contributed by atoms with E-state index < -0.39 is 12.0 Å². The van der Waals surface area contributed by atoms with Gasteiger partial charge in [-0.2, -0.15) is 0 Å². The van der Waals surface area contributed by atoms with E-state index >= 15 is 0 Å². The SMILES string of the molecule is O=C(OC1CC1)[C@H](Cc1ccccc1)N(O)O. The van der Waals surface area contributed by atoms with Crippen molar-refractivity contribution < 1.29 is 19.9 Å². The van der Waals surface area contributed by atoms with Gasteiger partial charge in [0.1, 0.15) is 6.10 Å². The van der Waals surface area contributed by atoms with E-state index in [-0.39, 0.29) is 17.8 Å². The molecule has 0 aromatic heterocycles. The normalized spacial score (nSPS) is 16.9. The molecule has 1 atom stereocenters. The fraction of sp³-hybridized carbons (Fsp3) is 0.417. The highest BCUT2D eigenvalue weighted by Crippen LogP contribution is 2.24. The number of ether oxygens (including phenoxy) is 1. The highest BCUT2D eigenvalue weighted by atomic mass is 16.8. The molecular weight excluding hydrogens is 222 g/mol. The number of nitrogens with zero attached hydrogens (tertiary/aromatic N) is 1. The minimum atomic E-state index is -1.07. The van der Waals surface area contributed by atoms with Gasteiger partial charge in [-0.25, -0.2) is 0 Å². The fourth-order valence-corrected chi connectivity index (χ4v) is 1.53. The summed E-state index contributed by atoms with van der Waals surface area (Å²) in [6.45, 7) is 0. The molecule has 0 heterocycles. The summed E-state index contributed by atoms with van der Waals surface area (Å²) in [5.41, 5.74) is 0.846. The zero-order valence-electron chi connectivity index (χ0n) is 9.32. The van der Waals surface area contributed by atoms with Crippen LogP contribution in [0.15, 0.2) is 30.3 Å². The lowest BCUT2D eigenvalue weighted by Gasteiger charge is -2.19. The molecule has 1 aromatic carbocycles. The van der Waals surface area contributed by atoms with Crippen LogP contribution in [0.25, 0.3) is 0 Å². The van der Waals surface area contributed by atoms with Gasteiger partial charge in [0.15, 0.2) is 6.04 Å². The molecule has 92 valence electrons. The van der Waals surface area contributed by atoms with Crippen molar-refractivity contribution >= 4 is 5.97 Å². The summed E-state index contributed by atoms with van der Waals surface area (Å²) in [5, 5.41) is 18.1. The number of esters is 1. The molecule has 1 saturated carbocycles. The molecule has 0 unspecified atom stereocenters. The van der Waals surface area contributed by atoms with E-state index in [0.29, 0.717) is 0 Å². The number of rotatable bonds is 5. The molecule has 1 aliphatic rings. The molecule has 1 fully saturated rings. The molecule has 0 saturated heterocycles. The van der Waals surface area contributed by atoms with Gasteiger partial charge in [0.25, 0.3) is 0 Å². The lowest BCUT2D eigenvalue weighted by molar-refractivity contribution is -0.328. The van der Waals surface area contributed by atoms with Crippen LogP contribution >= 0.6 is 0 Å². The summed E-state index contributed by atoms with van der Waals surface area (Å²) in [6, 6.07) is 8.09. The highest BCUT2D eigenvalue weighted by molar-refractivity contribution is 5.76. The lowest BCUT2D eigenvalue weighted by Crippen LogP contribution is -2.40. The Bertz CT molecular complexity index is 375. The number of carbonyl (C=O) groups excluding carboxylic acids is 1. The number of hydrogen-bond acceptors (Lipinski definition) is 5. The van der Waals surface area contributed by atoms with Gasteiger partial charge in [0.05, 0.1) is 0 Å². The second-order valence-electron chi connectivity index (χ2n) is 4.16. The number of carbonyl (C=O) groups is 1. The van der Waals surface area contributed by atoms with Crippen molar-refractivity contribution in [3.63, 3.8) is 0 Å². The molecule has 2 rings (SSSR count). The standard InChI is InChI=1S/C12H15NO4/c14-12(17-10-6-7-10)11(13(15)16)8-9-4-2-1-3-5-9/h1-5,10-11,15-16H,6-8H2/t11-/m0/s1. The van der Waals surface area contributed by atoms with Crippen LogP contribution in [0.4, 0.5) is 0 Å². The van der Waals surface area contributed by atoms with Crippen LogP contribution in [0, 0.1) is 0 Å². The Balaban J connectivity index is 1.98. The summed E-state index contributed by atoms with van der Waals surface area (Å²) in [6.07, 6.45) is 1.89. The third-order valence-electron chi connectivity index (χ3n) is 2.63. The van der Waals surface area contributed by atoms with Gasteiger partial charge < -0.3 is 4.74 Å². The first-order valence-electron chi connectivity index (χ1n) is 5.58. The molecule has 0 bridgehead atoms. The van der Waals surface area contributed by atoms with E-state index in [1.807, 2.05) is 30.3 Å². The van der Waals surface area contributed by atoms with Crippen LogP contribution in [0.3, 0.4) is 0 Å². The average Bonchev–Trinajstić information content (AvgIpc) is 3.10. The van der Waals surface area contributed by atoms with Crippen molar-refractivity contribution in [2.45, 2.75) is 31.4 Å². The van der Waals surface area contributed by atoms with Crippen molar-refractivity contribution in [1.82, 2.24) is 5.23 Å². The van der Waals surface area contributed by atoms with Gasteiger partial charge in [-0.05, 0) is 18.4 Å². The van der Waals surface area contributed by atoms with Gasteiger partial charge in [-0.3, -0.25) is 15.2 Å². The zero-order valence-corrected chi connectivity index (χ0v) is 9.32. The van der Waals surface area contributed by atoms with Crippen molar-refractivity contribution in [2.24, 2.45) is 0 Å². The monoisotopic (exact) mass is 237 g/mol. The van der Waals surface area contributed by atoms with Gasteiger partial charge in [-0.1, -0.05) is 35.6 Å². The van der Waals surface area contributed by atoms with E-state index in [0.717, 1.165) is 18.4 Å². The molecule has 2 N–H and O–H groups in total.